The Labute approximate surface area is 245 Å². The fourth-order valence-electron chi connectivity index (χ4n) is 5.96. The van der Waals surface area contributed by atoms with Crippen LogP contribution < -0.4 is 10.3 Å². The van der Waals surface area contributed by atoms with E-state index in [1.54, 1.807) is 36.4 Å². The molecule has 0 amide bonds. The molecule has 0 saturated heterocycles. The predicted octanol–water partition coefficient (Wildman–Crippen LogP) is 7.08. The Hall–Kier alpha value is -4.17. The van der Waals surface area contributed by atoms with Gasteiger partial charge in [-0.1, -0.05) is 61.6 Å². The number of nitrogens with one attached hydrogen (secondary N) is 1. The number of allylic oxidation sites excluding steroid dienone is 4. The van der Waals surface area contributed by atoms with Crippen LogP contribution in [0.4, 0.5) is 5.69 Å². The lowest BCUT2D eigenvalue weighted by molar-refractivity contribution is 0.318. The van der Waals surface area contributed by atoms with Crippen molar-refractivity contribution in [2.45, 2.75) is 56.4 Å². The van der Waals surface area contributed by atoms with Crippen LogP contribution in [-0.2, 0) is 16.4 Å². The van der Waals surface area contributed by atoms with Crippen LogP contribution in [-0.4, -0.2) is 18.5 Å². The fraction of sp³-hybridized carbons (Fsp3) is 0.294. The van der Waals surface area contributed by atoms with Crippen molar-refractivity contribution in [1.29, 1.82) is 0 Å². The molecular formula is C34H34N2O5S. The third-order valence-corrected chi connectivity index (χ3v) is 9.85. The Morgan fingerprint density at radius 3 is 2.64 bits per heavy atom. The van der Waals surface area contributed by atoms with E-state index in [2.05, 4.69) is 34.9 Å². The maximum Gasteiger partial charge on any atom is 0.343 e. The summed E-state index contributed by atoms with van der Waals surface area (Å²) >= 11 is 0. The normalized spacial score (nSPS) is 19.2. The van der Waals surface area contributed by atoms with Crippen molar-refractivity contribution in [3.05, 3.63) is 118 Å². The first kappa shape index (κ1) is 28.0. The Morgan fingerprint density at radius 2 is 1.90 bits per heavy atom. The van der Waals surface area contributed by atoms with Crippen molar-refractivity contribution in [2.24, 2.45) is 11.3 Å². The van der Waals surface area contributed by atoms with Crippen LogP contribution in [0.15, 0.2) is 105 Å². The summed E-state index contributed by atoms with van der Waals surface area (Å²) in [4.78, 5) is 17.7. The topological polar surface area (TPSA) is 110 Å². The van der Waals surface area contributed by atoms with Crippen molar-refractivity contribution < 1.29 is 17.9 Å². The SMILES string of the molecule is CCC1(CCc2cc(O)c(C(c3cccc(NS(=O)(=O)c4ccc5ccccc5n4)c3)C3CC3)c(=O)o2)C=CC=CC1. The molecule has 2 aliphatic rings. The van der Waals surface area contributed by atoms with Gasteiger partial charge in [-0.2, -0.15) is 8.42 Å². The van der Waals surface area contributed by atoms with E-state index in [0.717, 1.165) is 43.1 Å². The second-order valence-electron chi connectivity index (χ2n) is 11.4. The second-order valence-corrected chi connectivity index (χ2v) is 13.0. The van der Waals surface area contributed by atoms with Crippen molar-refractivity contribution in [2.75, 3.05) is 4.72 Å². The van der Waals surface area contributed by atoms with Gasteiger partial charge in [0.2, 0.25) is 0 Å². The summed E-state index contributed by atoms with van der Waals surface area (Å²) in [5.41, 5.74) is 1.39. The number of para-hydroxylation sites is 1. The Balaban J connectivity index is 1.26. The molecule has 2 heterocycles. The molecule has 4 aromatic rings. The number of hydrogen-bond donors (Lipinski definition) is 2. The van der Waals surface area contributed by atoms with Gasteiger partial charge in [-0.05, 0) is 79.3 Å². The summed E-state index contributed by atoms with van der Waals surface area (Å²) in [5.74, 6) is 0.137. The molecule has 1 fully saturated rings. The highest BCUT2D eigenvalue weighted by Crippen LogP contribution is 2.48. The average Bonchev–Trinajstić information content (AvgIpc) is 3.83. The molecule has 7 nitrogen and oxygen atoms in total. The van der Waals surface area contributed by atoms with Crippen molar-refractivity contribution >= 4 is 26.6 Å². The number of aromatic hydroxyl groups is 1. The van der Waals surface area contributed by atoms with E-state index in [4.69, 9.17) is 4.42 Å². The van der Waals surface area contributed by atoms with E-state index < -0.39 is 21.6 Å². The summed E-state index contributed by atoms with van der Waals surface area (Å²) in [6, 6.07) is 19.1. The zero-order chi connectivity index (χ0) is 29.3. The highest BCUT2D eigenvalue weighted by Gasteiger charge is 2.38. The van der Waals surface area contributed by atoms with E-state index in [-0.39, 0.29) is 27.7 Å². The van der Waals surface area contributed by atoms with Gasteiger partial charge in [0.1, 0.15) is 11.5 Å². The molecule has 216 valence electrons. The van der Waals surface area contributed by atoms with Crippen LogP contribution >= 0.6 is 0 Å². The second kappa shape index (κ2) is 11.2. The fourth-order valence-corrected chi connectivity index (χ4v) is 6.97. The molecule has 42 heavy (non-hydrogen) atoms. The van der Waals surface area contributed by atoms with E-state index in [0.29, 0.717) is 23.4 Å². The first-order chi connectivity index (χ1) is 20.3. The maximum absolute atomic E-state index is 13.3. The van der Waals surface area contributed by atoms with Crippen LogP contribution in [0, 0.1) is 11.3 Å². The van der Waals surface area contributed by atoms with E-state index >= 15 is 0 Å². The number of rotatable bonds is 10. The predicted molar refractivity (Wildman–Crippen MR) is 164 cm³/mol. The molecule has 2 aromatic carbocycles. The quantitative estimate of drug-likeness (QED) is 0.207. The van der Waals surface area contributed by atoms with E-state index in [1.165, 1.54) is 6.07 Å². The van der Waals surface area contributed by atoms with Gasteiger partial charge in [-0.3, -0.25) is 4.72 Å². The number of nitrogens with zero attached hydrogens (tertiary/aromatic N) is 1. The van der Waals surface area contributed by atoms with E-state index in [9.17, 15) is 18.3 Å². The smallest absolute Gasteiger partial charge is 0.343 e. The standard InChI is InChI=1S/C34H34N2O5S/c1-2-34(18-6-3-7-19-34)20-17-27-22-29(37)32(33(38)41-27)31(24-13-14-24)25-10-8-11-26(21-25)36-42(39,40)30-16-15-23-9-4-5-12-28(23)35-30/h3-12,15-16,18,21-22,24,31,36-37H,2,13-14,17,19-20H2,1H3. The third-order valence-electron chi connectivity index (χ3n) is 8.56. The summed E-state index contributed by atoms with van der Waals surface area (Å²) in [5, 5.41) is 11.9. The molecule has 0 aliphatic heterocycles. The largest absolute Gasteiger partial charge is 0.507 e. The van der Waals surface area contributed by atoms with Gasteiger partial charge in [-0.15, -0.1) is 0 Å². The summed E-state index contributed by atoms with van der Waals surface area (Å²) in [7, 11) is -3.96. The van der Waals surface area contributed by atoms with Crippen molar-refractivity contribution in [3.8, 4) is 5.75 Å². The van der Waals surface area contributed by atoms with Crippen LogP contribution in [0.2, 0.25) is 0 Å². The van der Waals surface area contributed by atoms with Gasteiger partial charge in [-0.25, -0.2) is 9.78 Å². The number of benzene rings is 2. The van der Waals surface area contributed by atoms with Crippen LogP contribution in [0.3, 0.4) is 0 Å². The Bertz CT molecular complexity index is 1860. The first-order valence-corrected chi connectivity index (χ1v) is 15.9. The zero-order valence-electron chi connectivity index (χ0n) is 23.5. The van der Waals surface area contributed by atoms with Crippen molar-refractivity contribution in [1.82, 2.24) is 4.98 Å². The average molecular weight is 583 g/mol. The molecule has 2 aliphatic carbocycles. The number of hydrogen-bond acceptors (Lipinski definition) is 6. The molecule has 2 atom stereocenters. The monoisotopic (exact) mass is 582 g/mol. The molecule has 1 saturated carbocycles. The van der Waals surface area contributed by atoms with Gasteiger partial charge in [0.05, 0.1) is 11.1 Å². The number of aromatic nitrogens is 1. The minimum absolute atomic E-state index is 0.0221. The molecule has 0 spiro atoms. The van der Waals surface area contributed by atoms with Gasteiger partial charge in [0, 0.05) is 29.5 Å². The van der Waals surface area contributed by atoms with Crippen LogP contribution in [0.1, 0.15) is 61.8 Å². The Morgan fingerprint density at radius 1 is 1.07 bits per heavy atom. The number of sulfonamides is 1. The number of aryl methyl sites for hydroxylation is 1. The lowest BCUT2D eigenvalue weighted by Gasteiger charge is -2.30. The number of anilines is 1. The number of fused-ring (bicyclic) bond motifs is 1. The molecule has 2 aromatic heterocycles. The zero-order valence-corrected chi connectivity index (χ0v) is 24.3. The summed E-state index contributed by atoms with van der Waals surface area (Å²) < 4.78 is 34.9. The van der Waals surface area contributed by atoms with Gasteiger partial charge < -0.3 is 9.52 Å². The maximum atomic E-state index is 13.3. The van der Waals surface area contributed by atoms with Gasteiger partial charge in [0.15, 0.2) is 5.03 Å². The molecule has 0 radical (unpaired) electrons. The molecule has 2 unspecified atom stereocenters. The minimum Gasteiger partial charge on any atom is -0.507 e. The molecule has 6 rings (SSSR count). The van der Waals surface area contributed by atoms with Gasteiger partial charge >= 0.3 is 5.63 Å². The molecule has 2 N–H and O–H groups in total. The summed E-state index contributed by atoms with van der Waals surface area (Å²) in [6.07, 6.45) is 13.6. The van der Waals surface area contributed by atoms with Crippen LogP contribution in [0.5, 0.6) is 5.75 Å². The van der Waals surface area contributed by atoms with Gasteiger partial charge in [0.25, 0.3) is 10.0 Å². The van der Waals surface area contributed by atoms with Crippen molar-refractivity contribution in [3.63, 3.8) is 0 Å². The third kappa shape index (κ3) is 5.77. The molecular weight excluding hydrogens is 548 g/mol. The van der Waals surface area contributed by atoms with E-state index in [1.807, 2.05) is 30.3 Å². The highest BCUT2D eigenvalue weighted by atomic mass is 32.2. The Kier molecular flexibility index (Phi) is 7.49. The summed E-state index contributed by atoms with van der Waals surface area (Å²) in [6.45, 7) is 2.16. The van der Waals surface area contributed by atoms with Crippen LogP contribution in [0.25, 0.3) is 10.9 Å². The first-order valence-electron chi connectivity index (χ1n) is 14.5. The minimum atomic E-state index is -3.96. The number of pyridine rings is 1. The highest BCUT2D eigenvalue weighted by molar-refractivity contribution is 7.92. The molecule has 8 heteroatoms. The lowest BCUT2D eigenvalue weighted by atomic mass is 9.75. The molecule has 0 bridgehead atoms. The lowest BCUT2D eigenvalue weighted by Crippen LogP contribution is -2.20.